The van der Waals surface area contributed by atoms with E-state index in [0.717, 1.165) is 0 Å². The summed E-state index contributed by atoms with van der Waals surface area (Å²) in [6.07, 6.45) is 0. The molecule has 0 rings (SSSR count). The molecule has 0 aliphatic carbocycles. The van der Waals surface area contributed by atoms with Crippen molar-refractivity contribution in [2.75, 3.05) is 0 Å². The zero-order valence-electron chi connectivity index (χ0n) is 4.75. The van der Waals surface area contributed by atoms with Crippen molar-refractivity contribution in [2.45, 2.75) is 0 Å². The fourth-order valence-electron chi connectivity index (χ4n) is 0. The van der Waals surface area contributed by atoms with E-state index >= 15 is 0 Å². The van der Waals surface area contributed by atoms with Gasteiger partial charge in [-0.3, -0.25) is 0 Å². The Morgan fingerprint density at radius 2 is 0.273 bits per heavy atom. The predicted octanol–water partition coefficient (Wildman–Crippen LogP) is -1.54. The average Bonchev–Trinajstić information content (AvgIpc) is 0. The second-order valence-corrected chi connectivity index (χ2v) is 0. The first-order chi connectivity index (χ1) is 0. The van der Waals surface area contributed by atoms with Crippen molar-refractivity contribution in [3.05, 3.63) is 0 Å². The molecule has 0 unspecified atom stereocenters. The van der Waals surface area contributed by atoms with Gasteiger partial charge in [-0.15, -0.1) is 0 Å². The van der Waals surface area contributed by atoms with Gasteiger partial charge in [0.2, 0.25) is 0 Å². The molecule has 0 aliphatic heterocycles. The van der Waals surface area contributed by atoms with E-state index in [0.29, 0.717) is 0 Å². The van der Waals surface area contributed by atoms with Crippen LogP contribution in [0.1, 0.15) is 0 Å². The normalized spacial score (nSPS) is 0. The fraction of sp³-hybridized carbons (Fsp3) is 0. The molecule has 0 aliphatic rings. The van der Waals surface area contributed by atoms with E-state index < -0.39 is 0 Å². The molecule has 0 aromatic heterocycles. The Morgan fingerprint density at radius 1 is 0.273 bits per heavy atom. The van der Waals surface area contributed by atoms with E-state index in [1.54, 1.807) is 0 Å². The van der Waals surface area contributed by atoms with Gasteiger partial charge in [-0.05, 0) is 0 Å². The van der Waals surface area contributed by atoms with Crippen LogP contribution in [0.2, 0.25) is 0 Å². The van der Waals surface area contributed by atoms with Gasteiger partial charge in [0.15, 0.2) is 0 Å². The Kier molecular flexibility index (Phi) is 1440. The minimum Gasteiger partial charge on any atom is -2.00 e. The SMILES string of the molecule is [Ge+4].[Ge+4].[S-2].[S-2].[S-2].[S-2].[S-2].[S-2].[S-2].[Sb+3].[Sb+3]. The van der Waals surface area contributed by atoms with Crippen LogP contribution in [0.15, 0.2) is 0 Å². The van der Waals surface area contributed by atoms with Gasteiger partial charge < -0.3 is 94.5 Å². The summed E-state index contributed by atoms with van der Waals surface area (Å²) in [6, 6.07) is 0. The van der Waals surface area contributed by atoms with Gasteiger partial charge in [0, 0.05) is 0 Å². The van der Waals surface area contributed by atoms with Gasteiger partial charge in [-0.25, -0.2) is 0 Å². The molecular weight excluding hydrogens is 613 g/mol. The maximum Gasteiger partial charge on any atom is 4.00 e. The summed E-state index contributed by atoms with van der Waals surface area (Å²) < 4.78 is 0. The first kappa shape index (κ1) is 139. The Morgan fingerprint density at radius 3 is 0.273 bits per heavy atom. The fourth-order valence-corrected chi connectivity index (χ4v) is 0. The topological polar surface area (TPSA) is 0 Å². The molecule has 11 heavy (non-hydrogen) atoms. The van der Waals surface area contributed by atoms with Gasteiger partial charge in [-0.2, -0.15) is 0 Å². The van der Waals surface area contributed by atoms with Crippen LogP contribution in [0, 0.1) is 0 Å². The van der Waals surface area contributed by atoms with Gasteiger partial charge in [-0.1, -0.05) is 0 Å². The van der Waals surface area contributed by atoms with E-state index in [1.165, 1.54) is 0 Å². The molecule has 0 aromatic rings. The molecule has 0 saturated carbocycles. The molecule has 0 atom stereocenters. The Labute approximate surface area is 175 Å². The van der Waals surface area contributed by atoms with Crippen molar-refractivity contribution >= 4 is 179 Å². The van der Waals surface area contributed by atoms with Crippen molar-refractivity contribution in [2.24, 2.45) is 0 Å². The summed E-state index contributed by atoms with van der Waals surface area (Å²) in [5, 5.41) is 0. The second kappa shape index (κ2) is 114. The smallest absolute Gasteiger partial charge is 2.00 e. The number of hydrogen-bond donors (Lipinski definition) is 0. The molecule has 0 spiro atoms. The molecule has 0 aromatic carbocycles. The molecule has 0 amide bonds. The van der Waals surface area contributed by atoms with E-state index in [1.807, 2.05) is 0 Å². The van der Waals surface area contributed by atoms with Gasteiger partial charge in [0.1, 0.15) is 0 Å². The van der Waals surface area contributed by atoms with Crippen LogP contribution in [-0.4, -0.2) is 84.0 Å². The minimum atomic E-state index is 0. The van der Waals surface area contributed by atoms with Crippen molar-refractivity contribution in [1.29, 1.82) is 0 Å². The quantitative estimate of drug-likeness (QED) is 0.291. The zero-order valence-corrected chi connectivity index (χ0v) is 19.8. The van der Waals surface area contributed by atoms with Crippen LogP contribution in [0.25, 0.3) is 0 Å². The molecule has 4 radical (unpaired) electrons. The number of rotatable bonds is 0. The summed E-state index contributed by atoms with van der Waals surface area (Å²) in [5.74, 6) is 0. The number of hydrogen-bond acceptors (Lipinski definition) is 0. The third-order valence-electron chi connectivity index (χ3n) is 0. The molecule has 0 N–H and O–H groups in total. The molecule has 0 fully saturated rings. The van der Waals surface area contributed by atoms with Crippen LogP contribution >= 0.6 is 0 Å². The molecule has 11 heteroatoms. The summed E-state index contributed by atoms with van der Waals surface area (Å²) in [6.45, 7) is 0. The van der Waals surface area contributed by atoms with Crippen LogP contribution in [0.4, 0.5) is 0 Å². The Bertz CT molecular complexity index is 14.4. The molecule has 0 bridgehead atoms. The van der Waals surface area contributed by atoms with Crippen LogP contribution < -0.4 is 0 Å². The zero-order chi connectivity index (χ0) is 0. The minimum absolute atomic E-state index is 0. The van der Waals surface area contributed by atoms with Gasteiger partial charge in [0.25, 0.3) is 0 Å². The van der Waals surface area contributed by atoms with Crippen molar-refractivity contribution in [3.63, 3.8) is 0 Å². The largest absolute Gasteiger partial charge is 4.00 e. The first-order valence-corrected chi connectivity index (χ1v) is 0. The van der Waals surface area contributed by atoms with Gasteiger partial charge >= 0.3 is 84.0 Å². The van der Waals surface area contributed by atoms with Crippen LogP contribution in [-0.2, 0) is 94.5 Å². The second-order valence-electron chi connectivity index (χ2n) is 0. The Balaban J connectivity index is 0. The third kappa shape index (κ3) is 98.4. The summed E-state index contributed by atoms with van der Waals surface area (Å²) in [5.41, 5.74) is 0. The maximum absolute atomic E-state index is 0. The van der Waals surface area contributed by atoms with E-state index in [2.05, 4.69) is 0 Å². The average molecular weight is 613 g/mol. The Hall–Kier alpha value is 5.17. The van der Waals surface area contributed by atoms with Gasteiger partial charge in [0.05, 0.1) is 0 Å². The summed E-state index contributed by atoms with van der Waals surface area (Å²) >= 11 is 0. The van der Waals surface area contributed by atoms with E-state index in [9.17, 15) is 0 Å². The molecule has 60 valence electrons. The maximum atomic E-state index is 0. The first-order valence-electron chi connectivity index (χ1n) is 0. The third-order valence-corrected chi connectivity index (χ3v) is 0. The van der Waals surface area contributed by atoms with Crippen molar-refractivity contribution < 1.29 is 0 Å². The van der Waals surface area contributed by atoms with Crippen LogP contribution in [0.3, 0.4) is 0 Å². The molecule has 0 heterocycles. The van der Waals surface area contributed by atoms with E-state index in [-0.39, 0.29) is 179 Å². The van der Waals surface area contributed by atoms with Crippen LogP contribution in [0.5, 0.6) is 0 Å². The van der Waals surface area contributed by atoms with Crippen molar-refractivity contribution in [1.82, 2.24) is 0 Å². The van der Waals surface area contributed by atoms with Crippen molar-refractivity contribution in [3.8, 4) is 0 Å². The standard InChI is InChI=1S/2Ge.7S.2Sb/q2*+4;7*-2;2*+3. The summed E-state index contributed by atoms with van der Waals surface area (Å²) in [7, 11) is 0. The van der Waals surface area contributed by atoms with E-state index in [4.69, 9.17) is 0 Å². The molecular formula is Ge2S7Sb2. The molecule has 0 nitrogen and oxygen atoms in total. The summed E-state index contributed by atoms with van der Waals surface area (Å²) in [4.78, 5) is 0. The molecule has 0 saturated heterocycles. The predicted molar refractivity (Wildman–Crippen MR) is 74.6 cm³/mol. The monoisotopic (exact) mass is 613 g/mol.